The van der Waals surface area contributed by atoms with Crippen molar-refractivity contribution in [1.29, 1.82) is 0 Å². The van der Waals surface area contributed by atoms with E-state index in [-0.39, 0.29) is 25.7 Å². The molecule has 0 amide bonds. The normalized spacial score (nSPS) is 14.1. The lowest BCUT2D eigenvalue weighted by Gasteiger charge is -2.21. The van der Waals surface area contributed by atoms with E-state index in [1.165, 1.54) is 167 Å². The fourth-order valence-corrected chi connectivity index (χ4v) is 12.2. The van der Waals surface area contributed by atoms with Crippen LogP contribution in [0.15, 0.2) is 0 Å². The van der Waals surface area contributed by atoms with Crippen molar-refractivity contribution in [3.05, 3.63) is 0 Å². The molecule has 528 valence electrons. The molecule has 5 atom stereocenters. The third-order valence-electron chi connectivity index (χ3n) is 16.2. The van der Waals surface area contributed by atoms with Crippen LogP contribution in [0.1, 0.15) is 356 Å². The van der Waals surface area contributed by atoms with Crippen LogP contribution >= 0.6 is 15.6 Å². The molecule has 0 saturated carbocycles. The predicted octanol–water partition coefficient (Wildman–Crippen LogP) is 20.0. The number of aliphatic hydroxyl groups is 1. The highest BCUT2D eigenvalue weighted by molar-refractivity contribution is 7.47. The highest BCUT2D eigenvalue weighted by atomic mass is 31.2. The number of ether oxygens (including phenoxy) is 4. The molecular formula is C70H136O17P2. The van der Waals surface area contributed by atoms with Crippen molar-refractivity contribution in [2.24, 2.45) is 11.8 Å². The summed E-state index contributed by atoms with van der Waals surface area (Å²) in [5, 5.41) is 10.5. The Balaban J connectivity index is 5.13. The van der Waals surface area contributed by atoms with Gasteiger partial charge in [-0.05, 0) is 37.5 Å². The third-order valence-corrected chi connectivity index (χ3v) is 18.1. The van der Waals surface area contributed by atoms with Gasteiger partial charge in [-0.1, -0.05) is 305 Å². The van der Waals surface area contributed by atoms with Crippen LogP contribution in [0.25, 0.3) is 0 Å². The van der Waals surface area contributed by atoms with Crippen molar-refractivity contribution >= 4 is 39.5 Å². The molecule has 3 N–H and O–H groups in total. The highest BCUT2D eigenvalue weighted by Gasteiger charge is 2.30. The van der Waals surface area contributed by atoms with Gasteiger partial charge in [-0.3, -0.25) is 37.3 Å². The summed E-state index contributed by atoms with van der Waals surface area (Å²) in [6, 6.07) is 0. The standard InChI is InChI=1S/C70H136O17P2/c1-7-9-11-13-14-15-16-17-18-19-20-21-22-25-29-32-35-42-48-54-69(74)86-66(59-81-68(73)53-47-41-34-31-28-26-23-24-27-30-33-39-44-50-62(3)4)61-85-89(78,79)83-57-64(71)56-82-88(76,77)84-60-65(58-80-67(72)52-46-38-12-10-8-2)87-70(75)55-49-43-37-36-40-45-51-63(5)6/h62-66,71H,7-61H2,1-6H3,(H,76,77)(H,78,79)/t64-,65+,66+/m0/s1. The Morgan fingerprint density at radius 3 is 0.764 bits per heavy atom. The minimum absolute atomic E-state index is 0.101. The summed E-state index contributed by atoms with van der Waals surface area (Å²) in [5.41, 5.74) is 0. The maximum Gasteiger partial charge on any atom is 0.472 e. The number of carbonyl (C=O) groups excluding carboxylic acids is 4. The molecule has 19 heteroatoms. The molecule has 0 aliphatic carbocycles. The average molecular weight is 1310 g/mol. The van der Waals surface area contributed by atoms with Crippen LogP contribution in [-0.4, -0.2) is 96.7 Å². The summed E-state index contributed by atoms with van der Waals surface area (Å²) in [6.07, 6.45) is 47.9. The molecule has 0 radical (unpaired) electrons. The van der Waals surface area contributed by atoms with Gasteiger partial charge in [-0.2, -0.15) is 0 Å². The first-order chi connectivity index (χ1) is 42.9. The number of phosphoric ester groups is 2. The molecule has 17 nitrogen and oxygen atoms in total. The Kier molecular flexibility index (Phi) is 60.8. The predicted molar refractivity (Wildman–Crippen MR) is 358 cm³/mol. The number of unbranched alkanes of at least 4 members (excludes halogenated alkanes) is 39. The van der Waals surface area contributed by atoms with Crippen LogP contribution in [0, 0.1) is 11.8 Å². The molecule has 0 aromatic carbocycles. The Morgan fingerprint density at radius 2 is 0.517 bits per heavy atom. The van der Waals surface area contributed by atoms with E-state index >= 15 is 0 Å². The summed E-state index contributed by atoms with van der Waals surface area (Å²) in [4.78, 5) is 72.2. The van der Waals surface area contributed by atoms with Gasteiger partial charge >= 0.3 is 39.5 Å². The van der Waals surface area contributed by atoms with Gasteiger partial charge in [0, 0.05) is 25.7 Å². The fraction of sp³-hybridized carbons (Fsp3) is 0.943. The van der Waals surface area contributed by atoms with E-state index in [1.54, 1.807) is 0 Å². The number of rotatable bonds is 69. The van der Waals surface area contributed by atoms with Crippen LogP contribution < -0.4 is 0 Å². The molecule has 0 saturated heterocycles. The third kappa shape index (κ3) is 64.6. The molecule has 0 heterocycles. The molecule has 0 aromatic heterocycles. The molecule has 2 unspecified atom stereocenters. The van der Waals surface area contributed by atoms with E-state index in [0.29, 0.717) is 31.6 Å². The largest absolute Gasteiger partial charge is 0.472 e. The summed E-state index contributed by atoms with van der Waals surface area (Å²) in [6.45, 7) is 9.38. The number of hydrogen-bond donors (Lipinski definition) is 3. The van der Waals surface area contributed by atoms with Crippen molar-refractivity contribution in [1.82, 2.24) is 0 Å². The van der Waals surface area contributed by atoms with E-state index in [2.05, 4.69) is 41.5 Å². The Labute approximate surface area is 543 Å². The molecule has 0 rings (SSSR count). The van der Waals surface area contributed by atoms with Gasteiger partial charge in [0.2, 0.25) is 0 Å². The summed E-state index contributed by atoms with van der Waals surface area (Å²) >= 11 is 0. The Bertz CT molecular complexity index is 1730. The maximum atomic E-state index is 13.0. The smallest absolute Gasteiger partial charge is 0.462 e. The average Bonchev–Trinajstić information content (AvgIpc) is 3.54. The first-order valence-electron chi connectivity index (χ1n) is 36.5. The van der Waals surface area contributed by atoms with Crippen molar-refractivity contribution in [3.63, 3.8) is 0 Å². The van der Waals surface area contributed by atoms with Crippen LogP contribution in [-0.2, 0) is 65.4 Å². The molecule has 0 aromatic rings. The van der Waals surface area contributed by atoms with E-state index < -0.39 is 97.5 Å². The van der Waals surface area contributed by atoms with Crippen molar-refractivity contribution in [2.45, 2.75) is 374 Å². The van der Waals surface area contributed by atoms with Gasteiger partial charge in [-0.25, -0.2) is 9.13 Å². The first-order valence-corrected chi connectivity index (χ1v) is 39.5. The number of hydrogen-bond acceptors (Lipinski definition) is 15. The van der Waals surface area contributed by atoms with Gasteiger partial charge in [0.1, 0.15) is 19.3 Å². The molecule has 0 aliphatic heterocycles. The summed E-state index contributed by atoms with van der Waals surface area (Å²) in [5.74, 6) is -0.679. The summed E-state index contributed by atoms with van der Waals surface area (Å²) in [7, 11) is -9.89. The molecule has 89 heavy (non-hydrogen) atoms. The van der Waals surface area contributed by atoms with Crippen LogP contribution in [0.5, 0.6) is 0 Å². The number of aliphatic hydroxyl groups excluding tert-OH is 1. The SMILES string of the molecule is CCCCCCCCCCCCCCCCCCCCCC(=O)O[C@H](COC(=O)CCCCCCCCCCCCCCCC(C)C)COP(=O)(O)OC[C@@H](O)COP(=O)(O)OC[C@@H](COC(=O)CCCCCCC)OC(=O)CCCCCCCCC(C)C. The van der Waals surface area contributed by atoms with E-state index in [9.17, 15) is 43.2 Å². The first kappa shape index (κ1) is 87.1. The lowest BCUT2D eigenvalue weighted by Crippen LogP contribution is -2.30. The lowest BCUT2D eigenvalue weighted by molar-refractivity contribution is -0.161. The minimum atomic E-state index is -4.95. The highest BCUT2D eigenvalue weighted by Crippen LogP contribution is 2.45. The minimum Gasteiger partial charge on any atom is -0.462 e. The van der Waals surface area contributed by atoms with Gasteiger partial charge in [0.15, 0.2) is 12.2 Å². The van der Waals surface area contributed by atoms with Crippen LogP contribution in [0.3, 0.4) is 0 Å². The zero-order valence-electron chi connectivity index (χ0n) is 57.7. The second-order valence-corrected chi connectivity index (χ2v) is 29.1. The fourth-order valence-electron chi connectivity index (χ4n) is 10.6. The topological polar surface area (TPSA) is 237 Å². The molecule has 0 spiro atoms. The van der Waals surface area contributed by atoms with Gasteiger partial charge in [-0.15, -0.1) is 0 Å². The van der Waals surface area contributed by atoms with Crippen LogP contribution in [0.4, 0.5) is 0 Å². The summed E-state index contributed by atoms with van der Waals surface area (Å²) < 4.78 is 68.0. The molecule has 0 aliphatic rings. The number of esters is 4. The molecule has 0 bridgehead atoms. The zero-order chi connectivity index (χ0) is 65.7. The second-order valence-electron chi connectivity index (χ2n) is 26.2. The van der Waals surface area contributed by atoms with Gasteiger partial charge in [0.25, 0.3) is 0 Å². The van der Waals surface area contributed by atoms with Gasteiger partial charge in [0.05, 0.1) is 26.4 Å². The Morgan fingerprint density at radius 1 is 0.303 bits per heavy atom. The van der Waals surface area contributed by atoms with Crippen LogP contribution in [0.2, 0.25) is 0 Å². The Hall–Kier alpha value is -1.94. The monoisotopic (exact) mass is 1310 g/mol. The van der Waals surface area contributed by atoms with Crippen molar-refractivity contribution in [3.8, 4) is 0 Å². The van der Waals surface area contributed by atoms with Gasteiger partial charge < -0.3 is 33.8 Å². The van der Waals surface area contributed by atoms with E-state index in [4.69, 9.17) is 37.0 Å². The number of phosphoric acid groups is 2. The van der Waals surface area contributed by atoms with E-state index in [0.717, 1.165) is 102 Å². The zero-order valence-corrected chi connectivity index (χ0v) is 59.5. The quantitative estimate of drug-likeness (QED) is 0.0222. The van der Waals surface area contributed by atoms with Crippen molar-refractivity contribution in [2.75, 3.05) is 39.6 Å². The number of carbonyl (C=O) groups is 4. The second kappa shape index (κ2) is 62.2. The molecular weight excluding hydrogens is 1170 g/mol. The van der Waals surface area contributed by atoms with E-state index in [1.807, 2.05) is 0 Å². The lowest BCUT2D eigenvalue weighted by atomic mass is 10.0. The maximum absolute atomic E-state index is 13.0. The van der Waals surface area contributed by atoms with Crippen molar-refractivity contribution < 1.29 is 80.2 Å². The molecule has 0 fully saturated rings.